The van der Waals surface area contributed by atoms with Crippen molar-refractivity contribution in [3.8, 4) is 0 Å². The molecule has 0 saturated heterocycles. The first-order chi connectivity index (χ1) is 6.57. The largest absolute Gasteiger partial charge is 0.465 e. The molecule has 4 N–H and O–H groups in total. The van der Waals surface area contributed by atoms with Crippen LogP contribution in [0.1, 0.15) is 25.0 Å². The molecule has 0 spiro atoms. The van der Waals surface area contributed by atoms with E-state index in [4.69, 9.17) is 9.90 Å². The Balaban J connectivity index is 0.000000364. The third kappa shape index (κ3) is 6.02. The monoisotopic (exact) mass is 197 g/mol. The summed E-state index contributed by atoms with van der Waals surface area (Å²) in [5.41, 5.74) is 5.03. The first-order valence-corrected chi connectivity index (χ1v) is 4.29. The van der Waals surface area contributed by atoms with Crippen molar-refractivity contribution in [2.45, 2.75) is 19.4 Å². The molecule has 0 bridgehead atoms. The second-order valence-electron chi connectivity index (χ2n) is 2.67. The van der Waals surface area contributed by atoms with E-state index >= 15 is 0 Å². The van der Waals surface area contributed by atoms with Crippen LogP contribution in [0.3, 0.4) is 0 Å². The van der Waals surface area contributed by atoms with Crippen molar-refractivity contribution in [2.24, 2.45) is 5.73 Å². The highest BCUT2D eigenvalue weighted by Gasteiger charge is 2.00. The Bertz CT molecular complexity index is 257. The number of primary amides is 1. The van der Waals surface area contributed by atoms with Crippen LogP contribution in [-0.4, -0.2) is 16.3 Å². The van der Waals surface area contributed by atoms with E-state index in [0.29, 0.717) is 0 Å². The molecule has 14 heavy (non-hydrogen) atoms. The van der Waals surface area contributed by atoms with E-state index in [2.05, 4.69) is 5.73 Å². The molecule has 1 rings (SSSR count). The molecule has 0 aliphatic rings. The maximum atomic E-state index is 9.33. The van der Waals surface area contributed by atoms with Gasteiger partial charge in [0.15, 0.2) is 0 Å². The van der Waals surface area contributed by atoms with Crippen molar-refractivity contribution >= 4 is 6.09 Å². The van der Waals surface area contributed by atoms with Gasteiger partial charge in [0.1, 0.15) is 0 Å². The number of aliphatic hydroxyl groups excluding tert-OH is 1. The van der Waals surface area contributed by atoms with Crippen LogP contribution in [0.25, 0.3) is 0 Å². The molecule has 78 valence electrons. The number of hydrogen-bond donors (Lipinski definition) is 3. The SMILES string of the molecule is CCC(O)c1ccccc1.NC(=O)O. The minimum atomic E-state index is -1.33. The van der Waals surface area contributed by atoms with E-state index in [1.165, 1.54) is 0 Å². The van der Waals surface area contributed by atoms with Gasteiger partial charge >= 0.3 is 6.09 Å². The predicted octanol–water partition coefficient (Wildman–Crippen LogP) is 1.75. The Morgan fingerprint density at radius 1 is 1.43 bits per heavy atom. The van der Waals surface area contributed by atoms with Gasteiger partial charge in [-0.05, 0) is 12.0 Å². The number of rotatable bonds is 2. The molecule has 4 heteroatoms. The number of hydrogen-bond acceptors (Lipinski definition) is 2. The van der Waals surface area contributed by atoms with Gasteiger partial charge in [0, 0.05) is 0 Å². The second kappa shape index (κ2) is 6.91. The Labute approximate surface area is 83.0 Å². The minimum absolute atomic E-state index is 0.291. The molecule has 1 aromatic carbocycles. The first-order valence-electron chi connectivity index (χ1n) is 4.29. The lowest BCUT2D eigenvalue weighted by atomic mass is 10.1. The maximum absolute atomic E-state index is 9.33. The molecular weight excluding hydrogens is 182 g/mol. The van der Waals surface area contributed by atoms with E-state index in [-0.39, 0.29) is 6.10 Å². The Hall–Kier alpha value is -1.55. The maximum Gasteiger partial charge on any atom is 0.402 e. The van der Waals surface area contributed by atoms with Crippen LogP contribution < -0.4 is 5.73 Å². The molecule has 0 aliphatic carbocycles. The molecular formula is C10H15NO3. The lowest BCUT2D eigenvalue weighted by Gasteiger charge is -2.05. The lowest BCUT2D eigenvalue weighted by Crippen LogP contribution is -2.03. The van der Waals surface area contributed by atoms with Crippen LogP contribution in [-0.2, 0) is 0 Å². The summed E-state index contributed by atoms with van der Waals surface area (Å²) in [6, 6.07) is 9.70. The zero-order valence-electron chi connectivity index (χ0n) is 8.05. The topological polar surface area (TPSA) is 83.5 Å². The van der Waals surface area contributed by atoms with Crippen molar-refractivity contribution in [3.63, 3.8) is 0 Å². The van der Waals surface area contributed by atoms with Crippen molar-refractivity contribution in [3.05, 3.63) is 35.9 Å². The second-order valence-corrected chi connectivity index (χ2v) is 2.67. The molecule has 0 fully saturated rings. The van der Waals surface area contributed by atoms with Gasteiger partial charge < -0.3 is 15.9 Å². The first kappa shape index (κ1) is 12.4. The number of benzene rings is 1. The van der Waals surface area contributed by atoms with Crippen LogP contribution in [0, 0.1) is 0 Å². The van der Waals surface area contributed by atoms with Crippen LogP contribution in [0.2, 0.25) is 0 Å². The van der Waals surface area contributed by atoms with E-state index in [1.807, 2.05) is 37.3 Å². The van der Waals surface area contributed by atoms with Crippen LogP contribution in [0.4, 0.5) is 4.79 Å². The van der Waals surface area contributed by atoms with Gasteiger partial charge in [0.05, 0.1) is 6.10 Å². The Kier molecular flexibility index (Phi) is 6.15. The minimum Gasteiger partial charge on any atom is -0.465 e. The summed E-state index contributed by atoms with van der Waals surface area (Å²) in [7, 11) is 0. The van der Waals surface area contributed by atoms with E-state index in [1.54, 1.807) is 0 Å². The molecule has 1 aromatic rings. The van der Waals surface area contributed by atoms with Crippen molar-refractivity contribution in [2.75, 3.05) is 0 Å². The summed E-state index contributed by atoms with van der Waals surface area (Å²) in [4.78, 5) is 8.78. The van der Waals surface area contributed by atoms with E-state index in [0.717, 1.165) is 12.0 Å². The molecule has 1 unspecified atom stereocenters. The van der Waals surface area contributed by atoms with Gasteiger partial charge in [-0.15, -0.1) is 0 Å². The number of carboxylic acid groups (broad SMARTS) is 1. The summed E-state index contributed by atoms with van der Waals surface area (Å²) in [5, 5.41) is 16.5. The molecule has 0 aromatic heterocycles. The van der Waals surface area contributed by atoms with Gasteiger partial charge in [0.25, 0.3) is 0 Å². The number of aliphatic hydroxyl groups is 1. The Morgan fingerprint density at radius 3 is 2.21 bits per heavy atom. The molecule has 4 nitrogen and oxygen atoms in total. The lowest BCUT2D eigenvalue weighted by molar-refractivity contribution is 0.173. The number of amides is 1. The van der Waals surface area contributed by atoms with Crippen molar-refractivity contribution in [1.29, 1.82) is 0 Å². The molecule has 1 atom stereocenters. The summed E-state index contributed by atoms with van der Waals surface area (Å²) in [6.45, 7) is 1.97. The highest BCUT2D eigenvalue weighted by molar-refractivity contribution is 5.61. The van der Waals surface area contributed by atoms with Crippen LogP contribution in [0.15, 0.2) is 30.3 Å². The quantitative estimate of drug-likeness (QED) is 0.675. The highest BCUT2D eigenvalue weighted by atomic mass is 16.4. The summed E-state index contributed by atoms with van der Waals surface area (Å²) < 4.78 is 0. The number of nitrogens with two attached hydrogens (primary N) is 1. The molecule has 0 aliphatic heterocycles. The van der Waals surface area contributed by atoms with Gasteiger partial charge in [-0.25, -0.2) is 4.79 Å². The van der Waals surface area contributed by atoms with Gasteiger partial charge in [-0.3, -0.25) is 0 Å². The number of carbonyl (C=O) groups is 1. The fourth-order valence-electron chi connectivity index (χ4n) is 0.911. The average Bonchev–Trinajstić information content (AvgIpc) is 2.17. The van der Waals surface area contributed by atoms with Gasteiger partial charge in [-0.2, -0.15) is 0 Å². The Morgan fingerprint density at radius 2 is 1.86 bits per heavy atom. The van der Waals surface area contributed by atoms with Crippen molar-refractivity contribution < 1.29 is 15.0 Å². The van der Waals surface area contributed by atoms with Crippen molar-refractivity contribution in [1.82, 2.24) is 0 Å². The zero-order chi connectivity index (χ0) is 11.0. The fraction of sp³-hybridized carbons (Fsp3) is 0.300. The molecule has 0 radical (unpaired) electrons. The third-order valence-electron chi connectivity index (χ3n) is 1.57. The van der Waals surface area contributed by atoms with Crippen LogP contribution >= 0.6 is 0 Å². The highest BCUT2D eigenvalue weighted by Crippen LogP contribution is 2.14. The fourth-order valence-corrected chi connectivity index (χ4v) is 0.911. The molecule has 0 heterocycles. The zero-order valence-corrected chi connectivity index (χ0v) is 8.05. The smallest absolute Gasteiger partial charge is 0.402 e. The van der Waals surface area contributed by atoms with E-state index in [9.17, 15) is 5.11 Å². The van der Waals surface area contributed by atoms with Gasteiger partial charge in [-0.1, -0.05) is 37.3 Å². The predicted molar refractivity (Wildman–Crippen MR) is 53.9 cm³/mol. The van der Waals surface area contributed by atoms with Gasteiger partial charge in [0.2, 0.25) is 0 Å². The summed E-state index contributed by atoms with van der Waals surface area (Å²) >= 11 is 0. The molecule has 1 amide bonds. The third-order valence-corrected chi connectivity index (χ3v) is 1.57. The summed E-state index contributed by atoms with van der Waals surface area (Å²) in [6.07, 6.45) is -0.842. The molecule has 0 saturated carbocycles. The van der Waals surface area contributed by atoms with Crippen LogP contribution in [0.5, 0.6) is 0 Å². The summed E-state index contributed by atoms with van der Waals surface area (Å²) in [5.74, 6) is 0. The average molecular weight is 197 g/mol. The normalized spacial score (nSPS) is 11.0. The van der Waals surface area contributed by atoms with E-state index < -0.39 is 6.09 Å². The standard InChI is InChI=1S/C9H12O.CH3NO2/c1-2-9(10)8-6-4-3-5-7-8;2-1(3)4/h3-7,9-10H,2H2,1H3;2H2,(H,3,4).